The molecule has 0 N–H and O–H groups in total. The summed E-state index contributed by atoms with van der Waals surface area (Å²) in [6, 6.07) is 5.64. The van der Waals surface area contributed by atoms with Gasteiger partial charge in [-0.2, -0.15) is 15.8 Å². The molecule has 92 valence electrons. The molecule has 4 nitrogen and oxygen atoms in total. The molecule has 0 spiro atoms. The van der Waals surface area contributed by atoms with Crippen molar-refractivity contribution in [3.05, 3.63) is 22.5 Å². The molecular weight excluding hydrogens is 226 g/mol. The average Bonchev–Trinajstić information content (AvgIpc) is 2.61. The van der Waals surface area contributed by atoms with Crippen LogP contribution in [0.1, 0.15) is 34.1 Å². The maximum absolute atomic E-state index is 9.28. The Morgan fingerprint density at radius 1 is 1.28 bits per heavy atom. The van der Waals surface area contributed by atoms with Gasteiger partial charge in [-0.05, 0) is 31.8 Å². The summed E-state index contributed by atoms with van der Waals surface area (Å²) < 4.78 is 5.67. The van der Waals surface area contributed by atoms with Crippen LogP contribution in [0.2, 0.25) is 0 Å². The summed E-state index contributed by atoms with van der Waals surface area (Å²) in [7, 11) is 0. The van der Waals surface area contributed by atoms with Crippen molar-refractivity contribution in [2.45, 2.75) is 39.7 Å². The van der Waals surface area contributed by atoms with E-state index in [0.29, 0.717) is 5.57 Å². The Hall–Kier alpha value is -2.25. The summed E-state index contributed by atoms with van der Waals surface area (Å²) in [6.07, 6.45) is 0.870. The van der Waals surface area contributed by atoms with Gasteiger partial charge < -0.3 is 4.74 Å². The normalized spacial score (nSPS) is 18.4. The van der Waals surface area contributed by atoms with E-state index in [1.165, 1.54) is 0 Å². The van der Waals surface area contributed by atoms with E-state index in [9.17, 15) is 5.26 Å². The van der Waals surface area contributed by atoms with E-state index in [1.807, 2.05) is 27.7 Å². The van der Waals surface area contributed by atoms with Crippen molar-refractivity contribution in [3.8, 4) is 18.2 Å². The Balaban J connectivity index is 3.57. The van der Waals surface area contributed by atoms with Gasteiger partial charge in [0.25, 0.3) is 0 Å². The van der Waals surface area contributed by atoms with Crippen LogP contribution in [0.15, 0.2) is 22.5 Å². The standard InChI is InChI=1S/C14H15N3O/c1-5-9(2)12-11(8-17)13(10(6-15)7-16)18-14(12,3)4/h9H,5H2,1-4H3. The molecule has 0 radical (unpaired) electrons. The smallest absolute Gasteiger partial charge is 0.172 e. The maximum Gasteiger partial charge on any atom is 0.172 e. The van der Waals surface area contributed by atoms with Crippen molar-refractivity contribution in [2.24, 2.45) is 5.92 Å². The molecule has 0 fully saturated rings. The van der Waals surface area contributed by atoms with Gasteiger partial charge in [-0.25, -0.2) is 0 Å². The molecule has 1 unspecified atom stereocenters. The molecule has 1 heterocycles. The first-order valence-electron chi connectivity index (χ1n) is 5.81. The van der Waals surface area contributed by atoms with Crippen LogP contribution in [0.4, 0.5) is 0 Å². The first kappa shape index (κ1) is 13.8. The van der Waals surface area contributed by atoms with Gasteiger partial charge in [0.2, 0.25) is 0 Å². The molecule has 0 saturated carbocycles. The zero-order valence-corrected chi connectivity index (χ0v) is 11.0. The Morgan fingerprint density at radius 2 is 1.83 bits per heavy atom. The molecular formula is C14H15N3O. The third-order valence-electron chi connectivity index (χ3n) is 3.17. The van der Waals surface area contributed by atoms with E-state index in [0.717, 1.165) is 12.0 Å². The van der Waals surface area contributed by atoms with E-state index in [1.54, 1.807) is 12.1 Å². The molecule has 1 atom stereocenters. The summed E-state index contributed by atoms with van der Waals surface area (Å²) in [4.78, 5) is 0. The zero-order valence-electron chi connectivity index (χ0n) is 11.0. The summed E-state index contributed by atoms with van der Waals surface area (Å²) in [5.41, 5.74) is 0.422. The monoisotopic (exact) mass is 241 g/mol. The van der Waals surface area contributed by atoms with Crippen LogP contribution >= 0.6 is 0 Å². The van der Waals surface area contributed by atoms with Crippen LogP contribution < -0.4 is 0 Å². The Kier molecular flexibility index (Phi) is 3.79. The van der Waals surface area contributed by atoms with Crippen LogP contribution in [-0.2, 0) is 4.74 Å². The second-order valence-corrected chi connectivity index (χ2v) is 4.75. The van der Waals surface area contributed by atoms with Crippen LogP contribution in [0.3, 0.4) is 0 Å². The van der Waals surface area contributed by atoms with Crippen LogP contribution in [-0.4, -0.2) is 5.60 Å². The summed E-state index contributed by atoms with van der Waals surface area (Å²) >= 11 is 0. The summed E-state index contributed by atoms with van der Waals surface area (Å²) in [5, 5.41) is 27.1. The predicted molar refractivity (Wildman–Crippen MR) is 65.5 cm³/mol. The van der Waals surface area contributed by atoms with Gasteiger partial charge in [-0.15, -0.1) is 0 Å². The molecule has 0 bridgehead atoms. The topological polar surface area (TPSA) is 80.6 Å². The van der Waals surface area contributed by atoms with Crippen LogP contribution in [0, 0.1) is 39.9 Å². The third-order valence-corrected chi connectivity index (χ3v) is 3.17. The molecule has 18 heavy (non-hydrogen) atoms. The lowest BCUT2D eigenvalue weighted by molar-refractivity contribution is 0.0851. The minimum Gasteiger partial charge on any atom is -0.480 e. The molecule has 0 aromatic rings. The third kappa shape index (κ3) is 2.08. The molecule has 4 heteroatoms. The number of hydrogen-bond donors (Lipinski definition) is 0. The van der Waals surface area contributed by atoms with Crippen molar-refractivity contribution in [3.63, 3.8) is 0 Å². The predicted octanol–water partition coefficient (Wildman–Crippen LogP) is 2.96. The van der Waals surface area contributed by atoms with Gasteiger partial charge in [-0.1, -0.05) is 13.8 Å². The van der Waals surface area contributed by atoms with Crippen LogP contribution in [0.25, 0.3) is 0 Å². The lowest BCUT2D eigenvalue weighted by Gasteiger charge is -2.25. The van der Waals surface area contributed by atoms with Crippen molar-refractivity contribution in [1.29, 1.82) is 15.8 Å². The number of hydrogen-bond acceptors (Lipinski definition) is 4. The fourth-order valence-electron chi connectivity index (χ4n) is 2.24. The van der Waals surface area contributed by atoms with Crippen molar-refractivity contribution < 1.29 is 4.74 Å². The van der Waals surface area contributed by atoms with Gasteiger partial charge in [0.05, 0.1) is 5.57 Å². The first-order chi connectivity index (χ1) is 8.42. The highest BCUT2D eigenvalue weighted by molar-refractivity contribution is 5.57. The largest absolute Gasteiger partial charge is 0.480 e. The van der Waals surface area contributed by atoms with Crippen molar-refractivity contribution in [2.75, 3.05) is 0 Å². The molecule has 0 amide bonds. The van der Waals surface area contributed by atoms with Gasteiger partial charge in [0, 0.05) is 0 Å². The van der Waals surface area contributed by atoms with E-state index in [2.05, 4.69) is 6.07 Å². The highest BCUT2D eigenvalue weighted by Gasteiger charge is 2.41. The second-order valence-electron chi connectivity index (χ2n) is 4.75. The summed E-state index contributed by atoms with van der Waals surface area (Å²) in [6.45, 7) is 7.75. The second kappa shape index (κ2) is 4.94. The fourth-order valence-corrected chi connectivity index (χ4v) is 2.24. The Morgan fingerprint density at radius 3 is 2.22 bits per heavy atom. The Bertz CT molecular complexity index is 531. The van der Waals surface area contributed by atoms with Crippen LogP contribution in [0.5, 0.6) is 0 Å². The highest BCUT2D eigenvalue weighted by atomic mass is 16.5. The molecule has 0 aromatic carbocycles. The maximum atomic E-state index is 9.28. The van der Waals surface area contributed by atoms with Gasteiger partial charge >= 0.3 is 0 Å². The molecule has 1 aliphatic rings. The van der Waals surface area contributed by atoms with Gasteiger partial charge in [-0.3, -0.25) is 0 Å². The van der Waals surface area contributed by atoms with Crippen molar-refractivity contribution >= 4 is 0 Å². The minimum absolute atomic E-state index is 0.128. The quantitative estimate of drug-likeness (QED) is 0.696. The molecule has 0 aromatic heterocycles. The molecule has 1 rings (SSSR count). The summed E-state index contributed by atoms with van der Waals surface area (Å²) in [5.74, 6) is 0.300. The fraction of sp³-hybridized carbons (Fsp3) is 0.500. The zero-order chi connectivity index (χ0) is 13.9. The van der Waals surface area contributed by atoms with Gasteiger partial charge in [0.15, 0.2) is 11.3 Å². The first-order valence-corrected chi connectivity index (χ1v) is 5.81. The molecule has 1 aliphatic heterocycles. The average molecular weight is 241 g/mol. The van der Waals surface area contributed by atoms with E-state index >= 15 is 0 Å². The molecule has 0 aliphatic carbocycles. The number of ether oxygens (including phenoxy) is 1. The van der Waals surface area contributed by atoms with E-state index in [4.69, 9.17) is 15.3 Å². The minimum atomic E-state index is -0.644. The SMILES string of the molecule is CCC(C)C1=C(C#N)C(=C(C#N)C#N)OC1(C)C. The van der Waals surface area contributed by atoms with E-state index in [-0.39, 0.29) is 17.3 Å². The van der Waals surface area contributed by atoms with Crippen molar-refractivity contribution in [1.82, 2.24) is 0 Å². The van der Waals surface area contributed by atoms with E-state index < -0.39 is 5.60 Å². The Labute approximate surface area is 107 Å². The number of nitrogens with zero attached hydrogens (tertiary/aromatic N) is 3. The number of rotatable bonds is 2. The highest BCUT2D eigenvalue weighted by Crippen LogP contribution is 2.43. The number of nitriles is 3. The van der Waals surface area contributed by atoms with Gasteiger partial charge in [0.1, 0.15) is 23.8 Å². The lowest BCUT2D eigenvalue weighted by Crippen LogP contribution is -2.25. The number of allylic oxidation sites excluding steroid dienone is 2. The molecule has 0 saturated heterocycles. The lowest BCUT2D eigenvalue weighted by atomic mass is 9.84.